The van der Waals surface area contributed by atoms with Gasteiger partial charge in [0.05, 0.1) is 24.5 Å². The van der Waals surface area contributed by atoms with Crippen molar-refractivity contribution in [3.05, 3.63) is 57.5 Å². The van der Waals surface area contributed by atoms with Gasteiger partial charge >= 0.3 is 0 Å². The Hall–Kier alpha value is -2.29. The zero-order chi connectivity index (χ0) is 19.9. The van der Waals surface area contributed by atoms with Crippen LogP contribution in [0.2, 0.25) is 0 Å². The lowest BCUT2D eigenvalue weighted by Gasteiger charge is -2.20. The molecule has 2 heterocycles. The molecule has 6 nitrogen and oxygen atoms in total. The first-order valence-electron chi connectivity index (χ1n) is 8.99. The van der Waals surface area contributed by atoms with Crippen LogP contribution in [0.3, 0.4) is 0 Å². The minimum absolute atomic E-state index is 0.0185. The van der Waals surface area contributed by atoms with Crippen LogP contribution in [0.5, 0.6) is 0 Å². The summed E-state index contributed by atoms with van der Waals surface area (Å²) in [7, 11) is 5.49. The first kappa shape index (κ1) is 20.4. The molecule has 0 fully saturated rings. The number of rotatable bonds is 7. The van der Waals surface area contributed by atoms with Crippen LogP contribution in [0, 0.1) is 0 Å². The molecule has 148 valence electrons. The Morgan fingerprint density at radius 2 is 1.93 bits per heavy atom. The van der Waals surface area contributed by atoms with E-state index in [0.717, 1.165) is 32.9 Å². The van der Waals surface area contributed by atoms with Crippen molar-refractivity contribution in [3.8, 4) is 10.6 Å². The van der Waals surface area contributed by atoms with Crippen LogP contribution in [0.15, 0.2) is 46.1 Å². The average molecular weight is 416 g/mol. The predicted octanol–water partition coefficient (Wildman–Crippen LogP) is 4.18. The van der Waals surface area contributed by atoms with Gasteiger partial charge in [-0.3, -0.25) is 4.99 Å². The van der Waals surface area contributed by atoms with E-state index >= 15 is 0 Å². The standard InChI is InChI=1S/C20H25N5OS2/c1-14(26-4)18-24-17(13-27-18)11-25(3)20(21-2)22-10-16-12-28-19(23-16)15-8-6-5-7-9-15/h5-9,12-14H,10-11H2,1-4H3,(H,21,22). The van der Waals surface area contributed by atoms with E-state index in [4.69, 9.17) is 9.72 Å². The van der Waals surface area contributed by atoms with Gasteiger partial charge in [0.1, 0.15) is 16.1 Å². The maximum Gasteiger partial charge on any atom is 0.194 e. The van der Waals surface area contributed by atoms with E-state index < -0.39 is 0 Å². The highest BCUT2D eigenvalue weighted by Gasteiger charge is 2.13. The van der Waals surface area contributed by atoms with E-state index in [1.54, 1.807) is 36.8 Å². The van der Waals surface area contributed by atoms with Crippen molar-refractivity contribution in [2.75, 3.05) is 21.2 Å². The number of nitrogens with one attached hydrogen (secondary N) is 1. The summed E-state index contributed by atoms with van der Waals surface area (Å²) >= 11 is 3.28. The van der Waals surface area contributed by atoms with Crippen LogP contribution in [-0.4, -0.2) is 42.0 Å². The molecule has 0 saturated heterocycles. The number of benzene rings is 1. The fourth-order valence-corrected chi connectivity index (χ4v) is 4.32. The number of hydrogen-bond donors (Lipinski definition) is 1. The zero-order valence-electron chi connectivity index (χ0n) is 16.5. The van der Waals surface area contributed by atoms with Gasteiger partial charge in [0.2, 0.25) is 0 Å². The van der Waals surface area contributed by atoms with E-state index in [1.807, 2.05) is 32.2 Å². The molecular weight excluding hydrogens is 390 g/mol. The van der Waals surface area contributed by atoms with E-state index in [2.05, 4.69) is 43.1 Å². The van der Waals surface area contributed by atoms with Gasteiger partial charge < -0.3 is 15.0 Å². The average Bonchev–Trinajstić information content (AvgIpc) is 3.38. The normalized spacial score (nSPS) is 12.8. The molecule has 0 bridgehead atoms. The lowest BCUT2D eigenvalue weighted by Crippen LogP contribution is -2.38. The third-order valence-corrected chi connectivity index (χ3v) is 6.24. The Bertz CT molecular complexity index is 906. The molecular formula is C20H25N5OS2. The number of aliphatic imine (C=N–C) groups is 1. The topological polar surface area (TPSA) is 62.6 Å². The number of thiazole rings is 2. The molecule has 0 spiro atoms. The Kier molecular flexibility index (Phi) is 7.13. The van der Waals surface area contributed by atoms with E-state index in [0.29, 0.717) is 13.1 Å². The van der Waals surface area contributed by atoms with Crippen molar-refractivity contribution < 1.29 is 4.74 Å². The highest BCUT2D eigenvalue weighted by atomic mass is 32.1. The summed E-state index contributed by atoms with van der Waals surface area (Å²) in [6, 6.07) is 10.2. The van der Waals surface area contributed by atoms with Crippen molar-refractivity contribution >= 4 is 28.6 Å². The summed E-state index contributed by atoms with van der Waals surface area (Å²) in [5.74, 6) is 0.809. The largest absolute Gasteiger partial charge is 0.375 e. The Morgan fingerprint density at radius 1 is 1.18 bits per heavy atom. The molecule has 0 aliphatic carbocycles. The van der Waals surface area contributed by atoms with Crippen LogP contribution >= 0.6 is 22.7 Å². The second-order valence-electron chi connectivity index (χ2n) is 6.32. The molecule has 0 amide bonds. The summed E-state index contributed by atoms with van der Waals surface area (Å²) in [6.45, 7) is 3.31. The van der Waals surface area contributed by atoms with Gasteiger partial charge in [0.15, 0.2) is 5.96 Å². The second kappa shape index (κ2) is 9.77. The Balaban J connectivity index is 1.57. The molecule has 1 aromatic carbocycles. The highest BCUT2D eigenvalue weighted by Crippen LogP contribution is 2.23. The molecule has 0 radical (unpaired) electrons. The SMILES string of the molecule is CN=C(NCc1csc(-c2ccccc2)n1)N(C)Cc1csc(C(C)OC)n1. The van der Waals surface area contributed by atoms with Gasteiger partial charge in [-0.1, -0.05) is 30.3 Å². The minimum Gasteiger partial charge on any atom is -0.375 e. The van der Waals surface area contributed by atoms with Crippen molar-refractivity contribution in [3.63, 3.8) is 0 Å². The third-order valence-electron chi connectivity index (χ3n) is 4.24. The first-order chi connectivity index (χ1) is 13.6. The number of hydrogen-bond acceptors (Lipinski definition) is 6. The number of nitrogens with zero attached hydrogens (tertiary/aromatic N) is 4. The number of methoxy groups -OCH3 is 1. The molecule has 28 heavy (non-hydrogen) atoms. The number of guanidine groups is 1. The first-order valence-corrected chi connectivity index (χ1v) is 10.7. The van der Waals surface area contributed by atoms with Crippen molar-refractivity contribution in [1.82, 2.24) is 20.2 Å². The van der Waals surface area contributed by atoms with Crippen LogP contribution in [0.1, 0.15) is 29.4 Å². The zero-order valence-corrected chi connectivity index (χ0v) is 18.2. The highest BCUT2D eigenvalue weighted by molar-refractivity contribution is 7.13. The lowest BCUT2D eigenvalue weighted by molar-refractivity contribution is 0.119. The van der Waals surface area contributed by atoms with Gasteiger partial charge in [-0.25, -0.2) is 9.97 Å². The number of aromatic nitrogens is 2. The summed E-state index contributed by atoms with van der Waals surface area (Å²) in [5, 5.41) is 9.56. The third kappa shape index (κ3) is 5.15. The van der Waals surface area contributed by atoms with Gasteiger partial charge in [-0.2, -0.15) is 0 Å². The summed E-state index contributed by atoms with van der Waals surface area (Å²) in [6.07, 6.45) is 0.0185. The smallest absolute Gasteiger partial charge is 0.194 e. The van der Waals surface area contributed by atoms with Crippen LogP contribution < -0.4 is 5.32 Å². The molecule has 1 atom stereocenters. The van der Waals surface area contributed by atoms with Crippen LogP contribution in [0.25, 0.3) is 10.6 Å². The van der Waals surface area contributed by atoms with E-state index in [9.17, 15) is 0 Å². The second-order valence-corrected chi connectivity index (χ2v) is 8.07. The molecule has 2 aromatic heterocycles. The molecule has 1 N–H and O–H groups in total. The monoisotopic (exact) mass is 415 g/mol. The maximum absolute atomic E-state index is 5.34. The molecule has 0 aliphatic rings. The van der Waals surface area contributed by atoms with Gasteiger partial charge in [0, 0.05) is 37.5 Å². The molecule has 3 aromatic rings. The number of ether oxygens (including phenoxy) is 1. The van der Waals surface area contributed by atoms with Crippen LogP contribution in [0.4, 0.5) is 0 Å². The fraction of sp³-hybridized carbons (Fsp3) is 0.350. The van der Waals surface area contributed by atoms with Crippen molar-refractivity contribution in [2.24, 2.45) is 4.99 Å². The van der Waals surface area contributed by atoms with Crippen LogP contribution in [-0.2, 0) is 17.8 Å². The van der Waals surface area contributed by atoms with Crippen molar-refractivity contribution in [2.45, 2.75) is 26.1 Å². The summed E-state index contributed by atoms with van der Waals surface area (Å²) in [5.41, 5.74) is 3.16. The van der Waals surface area contributed by atoms with E-state index in [1.165, 1.54) is 0 Å². The van der Waals surface area contributed by atoms with E-state index in [-0.39, 0.29) is 6.10 Å². The molecule has 8 heteroatoms. The van der Waals surface area contributed by atoms with Crippen molar-refractivity contribution in [1.29, 1.82) is 0 Å². The summed E-state index contributed by atoms with van der Waals surface area (Å²) < 4.78 is 5.34. The molecule has 0 saturated carbocycles. The predicted molar refractivity (Wildman–Crippen MR) is 117 cm³/mol. The molecule has 3 rings (SSSR count). The maximum atomic E-state index is 5.34. The summed E-state index contributed by atoms with van der Waals surface area (Å²) in [4.78, 5) is 15.8. The Labute approximate surface area is 174 Å². The molecule has 1 unspecified atom stereocenters. The van der Waals surface area contributed by atoms with Gasteiger partial charge in [-0.05, 0) is 6.92 Å². The van der Waals surface area contributed by atoms with Gasteiger partial charge in [-0.15, -0.1) is 22.7 Å². The van der Waals surface area contributed by atoms with Gasteiger partial charge in [0.25, 0.3) is 0 Å². The molecule has 0 aliphatic heterocycles. The quantitative estimate of drug-likeness (QED) is 0.463. The minimum atomic E-state index is 0.0185. The Morgan fingerprint density at radius 3 is 2.64 bits per heavy atom. The lowest BCUT2D eigenvalue weighted by atomic mass is 10.2. The fourth-order valence-electron chi connectivity index (χ4n) is 2.66.